The number of carbonyl (C=O) groups is 2. The van der Waals surface area contributed by atoms with E-state index in [1.807, 2.05) is 12.1 Å². The molecule has 1 heterocycles. The van der Waals surface area contributed by atoms with E-state index in [1.54, 1.807) is 37.4 Å². The van der Waals surface area contributed by atoms with Crippen LogP contribution in [0.5, 0.6) is 5.75 Å². The molecule has 0 bridgehead atoms. The maximum Gasteiger partial charge on any atom is 0.262 e. The minimum absolute atomic E-state index is 0.139. The number of hydrogen-bond donors (Lipinski definition) is 0. The van der Waals surface area contributed by atoms with Gasteiger partial charge in [-0.1, -0.05) is 30.3 Å². The highest BCUT2D eigenvalue weighted by Gasteiger charge is 2.34. The monoisotopic (exact) mass is 427 g/mol. The van der Waals surface area contributed by atoms with Gasteiger partial charge in [-0.25, -0.2) is 9.40 Å². The molecular formula is C23H26FN3O4. The molecule has 1 aliphatic heterocycles. The van der Waals surface area contributed by atoms with Gasteiger partial charge in [0.15, 0.2) is 0 Å². The van der Waals surface area contributed by atoms with Crippen LogP contribution in [0, 0.1) is 5.82 Å². The lowest BCUT2D eigenvalue weighted by Crippen LogP contribution is -2.41. The molecule has 0 spiro atoms. The molecule has 2 aromatic carbocycles. The van der Waals surface area contributed by atoms with Gasteiger partial charge < -0.3 is 14.4 Å². The van der Waals surface area contributed by atoms with Crippen molar-refractivity contribution in [1.29, 1.82) is 0 Å². The van der Waals surface area contributed by atoms with Gasteiger partial charge in [0.2, 0.25) is 5.91 Å². The van der Waals surface area contributed by atoms with Crippen molar-refractivity contribution >= 4 is 17.5 Å². The second-order valence-corrected chi connectivity index (χ2v) is 7.19. The summed E-state index contributed by atoms with van der Waals surface area (Å²) in [5.74, 6) is -0.283. The highest BCUT2D eigenvalue weighted by atomic mass is 19.1. The Morgan fingerprint density at radius 3 is 2.48 bits per heavy atom. The van der Waals surface area contributed by atoms with Gasteiger partial charge >= 0.3 is 0 Å². The minimum Gasteiger partial charge on any atom is -0.497 e. The molecule has 0 aliphatic carbocycles. The third kappa shape index (κ3) is 5.27. The zero-order chi connectivity index (χ0) is 22.4. The average Bonchev–Trinajstić information content (AvgIpc) is 3.22. The lowest BCUT2D eigenvalue weighted by molar-refractivity contribution is -0.141. The number of carbonyl (C=O) groups excluding carboxylic acids is 2. The number of methoxy groups -OCH3 is 2. The summed E-state index contributed by atoms with van der Waals surface area (Å²) in [4.78, 5) is 26.5. The summed E-state index contributed by atoms with van der Waals surface area (Å²) in [6.45, 7) is 1.88. The lowest BCUT2D eigenvalue weighted by atomic mass is 9.98. The van der Waals surface area contributed by atoms with E-state index < -0.39 is 11.9 Å². The van der Waals surface area contributed by atoms with Gasteiger partial charge in [0.25, 0.3) is 5.91 Å². The Labute approximate surface area is 181 Å². The van der Waals surface area contributed by atoms with Crippen molar-refractivity contribution in [3.63, 3.8) is 0 Å². The number of hydrogen-bond acceptors (Lipinski definition) is 5. The Balaban J connectivity index is 1.91. The zero-order valence-electron chi connectivity index (χ0n) is 17.9. The summed E-state index contributed by atoms with van der Waals surface area (Å²) in [7, 11) is 3.11. The summed E-state index contributed by atoms with van der Waals surface area (Å²) in [5, 5.41) is 5.83. The molecule has 2 amide bonds. The predicted octanol–water partition coefficient (Wildman–Crippen LogP) is 3.01. The van der Waals surface area contributed by atoms with Crippen LogP contribution in [0.15, 0.2) is 53.6 Å². The van der Waals surface area contributed by atoms with E-state index in [4.69, 9.17) is 9.47 Å². The molecule has 2 aromatic rings. The number of amides is 2. The van der Waals surface area contributed by atoms with Gasteiger partial charge in [-0.05, 0) is 23.8 Å². The van der Waals surface area contributed by atoms with Crippen molar-refractivity contribution in [1.82, 2.24) is 9.91 Å². The molecule has 164 valence electrons. The summed E-state index contributed by atoms with van der Waals surface area (Å²) >= 11 is 0. The van der Waals surface area contributed by atoms with Crippen LogP contribution in [-0.4, -0.2) is 61.4 Å². The number of hydrazone groups is 1. The molecule has 7 nitrogen and oxygen atoms in total. The number of benzene rings is 2. The van der Waals surface area contributed by atoms with Crippen LogP contribution in [0.4, 0.5) is 4.39 Å². The third-order valence-corrected chi connectivity index (χ3v) is 5.19. The van der Waals surface area contributed by atoms with Gasteiger partial charge in [-0.3, -0.25) is 9.59 Å². The Kier molecular flexibility index (Phi) is 7.36. The van der Waals surface area contributed by atoms with Gasteiger partial charge in [-0.2, -0.15) is 5.10 Å². The van der Waals surface area contributed by atoms with Gasteiger partial charge in [0.05, 0.1) is 25.5 Å². The first-order valence-corrected chi connectivity index (χ1v) is 9.97. The maximum absolute atomic E-state index is 14.4. The highest BCUT2D eigenvalue weighted by molar-refractivity contribution is 6.03. The summed E-state index contributed by atoms with van der Waals surface area (Å²) in [6.07, 6.45) is 0.358. The quantitative estimate of drug-likeness (QED) is 0.649. The van der Waals surface area contributed by atoms with Crippen molar-refractivity contribution in [3.8, 4) is 5.75 Å². The zero-order valence-corrected chi connectivity index (χ0v) is 17.9. The van der Waals surface area contributed by atoms with Crippen LogP contribution in [-0.2, 0) is 14.3 Å². The van der Waals surface area contributed by atoms with E-state index >= 15 is 0 Å². The average molecular weight is 427 g/mol. The summed E-state index contributed by atoms with van der Waals surface area (Å²) < 4.78 is 24.6. The topological polar surface area (TPSA) is 71.4 Å². The second-order valence-electron chi connectivity index (χ2n) is 7.19. The van der Waals surface area contributed by atoms with Crippen molar-refractivity contribution in [2.24, 2.45) is 5.10 Å². The smallest absolute Gasteiger partial charge is 0.262 e. The fourth-order valence-corrected chi connectivity index (χ4v) is 3.47. The number of halogens is 1. The van der Waals surface area contributed by atoms with Crippen LogP contribution < -0.4 is 4.74 Å². The predicted molar refractivity (Wildman–Crippen MR) is 114 cm³/mol. The summed E-state index contributed by atoms with van der Waals surface area (Å²) in [6, 6.07) is 13.3. The van der Waals surface area contributed by atoms with Crippen molar-refractivity contribution < 1.29 is 23.5 Å². The fourth-order valence-electron chi connectivity index (χ4n) is 3.47. The molecular weight excluding hydrogens is 401 g/mol. The van der Waals surface area contributed by atoms with Crippen LogP contribution in [0.25, 0.3) is 0 Å². The molecule has 0 N–H and O–H groups in total. The largest absolute Gasteiger partial charge is 0.497 e. The van der Waals surface area contributed by atoms with Crippen molar-refractivity contribution in [2.75, 3.05) is 33.9 Å². The Morgan fingerprint density at radius 2 is 1.87 bits per heavy atom. The minimum atomic E-state index is -0.413. The first-order valence-electron chi connectivity index (χ1n) is 9.97. The number of rotatable bonds is 8. The van der Waals surface area contributed by atoms with Gasteiger partial charge in [0, 0.05) is 32.6 Å². The SMILES string of the molecule is COCCN(CC(=O)N1N=C(c2ccccc2F)CC1c1ccc(OC)cc1)C(C)=O. The molecule has 0 radical (unpaired) electrons. The Bertz CT molecular complexity index is 962. The number of nitrogens with zero attached hydrogens (tertiary/aromatic N) is 3. The first kappa shape index (κ1) is 22.4. The van der Waals surface area contributed by atoms with E-state index in [2.05, 4.69) is 5.10 Å². The summed E-state index contributed by atoms with van der Waals surface area (Å²) in [5.41, 5.74) is 1.69. The van der Waals surface area contributed by atoms with Crippen LogP contribution in [0.2, 0.25) is 0 Å². The molecule has 0 aromatic heterocycles. The van der Waals surface area contributed by atoms with E-state index in [0.29, 0.717) is 36.6 Å². The van der Waals surface area contributed by atoms with E-state index in [1.165, 1.54) is 30.0 Å². The standard InChI is InChI=1S/C23H26FN3O4/c1-16(28)26(12-13-30-2)15-23(29)27-22(17-8-10-18(31-3)11-9-17)14-21(25-27)19-6-4-5-7-20(19)24/h4-11,22H,12-15H2,1-3H3. The molecule has 0 saturated carbocycles. The third-order valence-electron chi connectivity index (χ3n) is 5.19. The van der Waals surface area contributed by atoms with Crippen molar-refractivity contribution in [3.05, 3.63) is 65.5 Å². The molecule has 3 rings (SSSR count). The molecule has 31 heavy (non-hydrogen) atoms. The number of ether oxygens (including phenoxy) is 2. The van der Waals surface area contributed by atoms with E-state index in [0.717, 1.165) is 5.56 Å². The van der Waals surface area contributed by atoms with E-state index in [-0.39, 0.29) is 18.4 Å². The molecule has 1 aliphatic rings. The highest BCUT2D eigenvalue weighted by Crippen LogP contribution is 2.34. The first-order chi connectivity index (χ1) is 14.9. The fraction of sp³-hybridized carbons (Fsp3) is 0.348. The molecule has 1 unspecified atom stereocenters. The van der Waals surface area contributed by atoms with Crippen molar-refractivity contribution in [2.45, 2.75) is 19.4 Å². The maximum atomic E-state index is 14.4. The molecule has 0 fully saturated rings. The normalized spacial score (nSPS) is 15.5. The van der Waals surface area contributed by atoms with Crippen LogP contribution in [0.3, 0.4) is 0 Å². The lowest BCUT2D eigenvalue weighted by Gasteiger charge is -2.26. The molecule has 0 saturated heterocycles. The van der Waals surface area contributed by atoms with E-state index in [9.17, 15) is 14.0 Å². The second kappa shape index (κ2) is 10.2. The molecule has 1 atom stereocenters. The van der Waals surface area contributed by atoms with Gasteiger partial charge in [-0.15, -0.1) is 0 Å². The Hall–Kier alpha value is -3.26. The van der Waals surface area contributed by atoms with Crippen LogP contribution in [0.1, 0.15) is 30.5 Å². The van der Waals surface area contributed by atoms with Gasteiger partial charge in [0.1, 0.15) is 18.1 Å². The van der Waals surface area contributed by atoms with Crippen LogP contribution >= 0.6 is 0 Å². The molecule has 8 heteroatoms. The Morgan fingerprint density at radius 1 is 1.16 bits per heavy atom.